The molecular weight excluding hydrogens is 373 g/mol. The van der Waals surface area contributed by atoms with Gasteiger partial charge in [0.1, 0.15) is 0 Å². The van der Waals surface area contributed by atoms with Crippen LogP contribution in [0.3, 0.4) is 0 Å². The highest BCUT2D eigenvalue weighted by Gasteiger charge is 2.30. The summed E-state index contributed by atoms with van der Waals surface area (Å²) in [4.78, 5) is 14.5. The molecule has 0 radical (unpaired) electrons. The SMILES string of the molecule is CNCCC1CCN(C(=O)CSc2cccc(C(F)(F)F)c2)CC1.Cl. The number of hydrogen-bond donors (Lipinski definition) is 1. The maximum atomic E-state index is 12.7. The van der Waals surface area contributed by atoms with Crippen molar-refractivity contribution in [1.29, 1.82) is 0 Å². The number of likely N-dealkylation sites (tertiary alicyclic amines) is 1. The minimum Gasteiger partial charge on any atom is -0.342 e. The smallest absolute Gasteiger partial charge is 0.342 e. The number of thioether (sulfide) groups is 1. The van der Waals surface area contributed by atoms with Crippen LogP contribution in [-0.4, -0.2) is 43.2 Å². The fourth-order valence-electron chi connectivity index (χ4n) is 2.82. The summed E-state index contributed by atoms with van der Waals surface area (Å²) in [6.07, 6.45) is -1.23. The number of benzene rings is 1. The third-order valence-electron chi connectivity index (χ3n) is 4.29. The summed E-state index contributed by atoms with van der Waals surface area (Å²) < 4.78 is 38.1. The number of hydrogen-bond acceptors (Lipinski definition) is 3. The highest BCUT2D eigenvalue weighted by atomic mass is 35.5. The van der Waals surface area contributed by atoms with Gasteiger partial charge in [-0.2, -0.15) is 13.2 Å². The molecule has 0 aliphatic carbocycles. The molecule has 0 saturated carbocycles. The number of nitrogens with one attached hydrogen (secondary N) is 1. The first-order valence-corrected chi connectivity index (χ1v) is 9.11. The van der Waals surface area contributed by atoms with Crippen molar-refractivity contribution >= 4 is 30.1 Å². The van der Waals surface area contributed by atoms with E-state index in [1.807, 2.05) is 11.9 Å². The Morgan fingerprint density at radius 3 is 2.60 bits per heavy atom. The summed E-state index contributed by atoms with van der Waals surface area (Å²) in [6.45, 7) is 2.48. The molecule has 1 aliphatic heterocycles. The van der Waals surface area contributed by atoms with Gasteiger partial charge in [-0.3, -0.25) is 4.79 Å². The number of amides is 1. The van der Waals surface area contributed by atoms with Crippen LogP contribution in [0.15, 0.2) is 29.2 Å². The third kappa shape index (κ3) is 7.07. The van der Waals surface area contributed by atoms with Gasteiger partial charge in [-0.05, 0) is 57.0 Å². The molecule has 1 heterocycles. The number of piperidine rings is 1. The summed E-state index contributed by atoms with van der Waals surface area (Å²) in [6, 6.07) is 5.13. The van der Waals surface area contributed by atoms with Gasteiger partial charge in [-0.15, -0.1) is 24.2 Å². The van der Waals surface area contributed by atoms with Crippen LogP contribution in [0.2, 0.25) is 0 Å². The van der Waals surface area contributed by atoms with Crippen molar-refractivity contribution in [2.75, 3.05) is 32.4 Å². The first kappa shape index (κ1) is 22.1. The number of halogens is 4. The average molecular weight is 397 g/mol. The van der Waals surface area contributed by atoms with Crippen molar-refractivity contribution in [3.05, 3.63) is 29.8 Å². The number of carbonyl (C=O) groups is 1. The van der Waals surface area contributed by atoms with Crippen molar-refractivity contribution in [2.45, 2.75) is 30.3 Å². The summed E-state index contributed by atoms with van der Waals surface area (Å²) in [7, 11) is 1.93. The fourth-order valence-corrected chi connectivity index (χ4v) is 3.68. The van der Waals surface area contributed by atoms with Crippen LogP contribution < -0.4 is 5.32 Å². The lowest BCUT2D eigenvalue weighted by atomic mass is 9.93. The summed E-state index contributed by atoms with van der Waals surface area (Å²) in [5.41, 5.74) is -0.676. The van der Waals surface area contributed by atoms with E-state index in [0.29, 0.717) is 10.8 Å². The molecule has 8 heteroatoms. The lowest BCUT2D eigenvalue weighted by Crippen LogP contribution is -2.39. The highest BCUT2D eigenvalue weighted by Crippen LogP contribution is 2.32. The summed E-state index contributed by atoms with van der Waals surface area (Å²) >= 11 is 1.17. The van der Waals surface area contributed by atoms with Crippen molar-refractivity contribution in [3.8, 4) is 0 Å². The molecule has 25 heavy (non-hydrogen) atoms. The Labute approximate surface area is 157 Å². The van der Waals surface area contributed by atoms with Gasteiger partial charge >= 0.3 is 6.18 Å². The molecule has 1 aromatic carbocycles. The Kier molecular flexibility index (Phi) is 9.10. The van der Waals surface area contributed by atoms with Gasteiger partial charge in [0.2, 0.25) is 5.91 Å². The Hall–Kier alpha value is -0.920. The maximum absolute atomic E-state index is 12.7. The van der Waals surface area contributed by atoms with E-state index < -0.39 is 11.7 Å². The molecule has 142 valence electrons. The Bertz CT molecular complexity index is 549. The average Bonchev–Trinajstić information content (AvgIpc) is 2.58. The molecule has 0 atom stereocenters. The second kappa shape index (κ2) is 10.3. The monoisotopic (exact) mass is 396 g/mol. The van der Waals surface area contributed by atoms with E-state index in [9.17, 15) is 18.0 Å². The molecule has 1 aliphatic rings. The van der Waals surface area contributed by atoms with E-state index in [1.165, 1.54) is 17.8 Å². The van der Waals surface area contributed by atoms with Gasteiger partial charge in [-0.1, -0.05) is 6.07 Å². The molecule has 1 aromatic rings. The molecule has 1 fully saturated rings. The van der Waals surface area contributed by atoms with Crippen LogP contribution >= 0.6 is 24.2 Å². The van der Waals surface area contributed by atoms with Crippen LogP contribution in [0.5, 0.6) is 0 Å². The number of rotatable bonds is 6. The first-order chi connectivity index (χ1) is 11.4. The van der Waals surface area contributed by atoms with Crippen LogP contribution in [-0.2, 0) is 11.0 Å². The highest BCUT2D eigenvalue weighted by molar-refractivity contribution is 8.00. The van der Waals surface area contributed by atoms with Crippen molar-refractivity contribution in [2.24, 2.45) is 5.92 Å². The van der Waals surface area contributed by atoms with E-state index in [-0.39, 0.29) is 24.1 Å². The zero-order valence-corrected chi connectivity index (χ0v) is 15.8. The molecular formula is C17H24ClF3N2OS. The largest absolute Gasteiger partial charge is 0.416 e. The van der Waals surface area contributed by atoms with Crippen molar-refractivity contribution < 1.29 is 18.0 Å². The maximum Gasteiger partial charge on any atom is 0.416 e. The zero-order chi connectivity index (χ0) is 17.6. The minimum absolute atomic E-state index is 0. The van der Waals surface area contributed by atoms with Crippen LogP contribution in [0.4, 0.5) is 13.2 Å². The lowest BCUT2D eigenvalue weighted by molar-refractivity contribution is -0.137. The van der Waals surface area contributed by atoms with E-state index in [0.717, 1.165) is 51.0 Å². The molecule has 1 saturated heterocycles. The third-order valence-corrected chi connectivity index (χ3v) is 5.27. The van der Waals surface area contributed by atoms with Gasteiger partial charge in [0.25, 0.3) is 0 Å². The summed E-state index contributed by atoms with van der Waals surface area (Å²) in [5.74, 6) is 0.838. The van der Waals surface area contributed by atoms with E-state index in [1.54, 1.807) is 6.07 Å². The Morgan fingerprint density at radius 1 is 1.32 bits per heavy atom. The predicted molar refractivity (Wildman–Crippen MR) is 97.3 cm³/mol. The van der Waals surface area contributed by atoms with Crippen LogP contribution in [0.1, 0.15) is 24.8 Å². The van der Waals surface area contributed by atoms with Gasteiger partial charge in [0.15, 0.2) is 0 Å². The second-order valence-corrected chi connectivity index (χ2v) is 7.08. The minimum atomic E-state index is -4.35. The second-order valence-electron chi connectivity index (χ2n) is 6.03. The lowest BCUT2D eigenvalue weighted by Gasteiger charge is -2.32. The van der Waals surface area contributed by atoms with E-state index in [2.05, 4.69) is 5.32 Å². The predicted octanol–water partition coefficient (Wildman–Crippen LogP) is 4.07. The van der Waals surface area contributed by atoms with Crippen LogP contribution in [0.25, 0.3) is 0 Å². The Balaban J connectivity index is 0.00000312. The molecule has 0 spiro atoms. The zero-order valence-electron chi connectivity index (χ0n) is 14.1. The molecule has 2 rings (SSSR count). The molecule has 1 amide bonds. The first-order valence-electron chi connectivity index (χ1n) is 8.12. The molecule has 0 unspecified atom stereocenters. The van der Waals surface area contributed by atoms with E-state index >= 15 is 0 Å². The number of carbonyl (C=O) groups excluding carboxylic acids is 1. The molecule has 0 aromatic heterocycles. The van der Waals surface area contributed by atoms with Crippen LogP contribution in [0, 0.1) is 5.92 Å². The Morgan fingerprint density at radius 2 is 2.00 bits per heavy atom. The topological polar surface area (TPSA) is 32.3 Å². The van der Waals surface area contributed by atoms with Gasteiger partial charge in [0.05, 0.1) is 11.3 Å². The van der Waals surface area contributed by atoms with Gasteiger partial charge in [-0.25, -0.2) is 0 Å². The fraction of sp³-hybridized carbons (Fsp3) is 0.588. The standard InChI is InChI=1S/C17H23F3N2OS.ClH/c1-21-8-5-13-6-9-22(10-7-13)16(23)12-24-15-4-2-3-14(11-15)17(18,19)20;/h2-4,11,13,21H,5-10,12H2,1H3;1H. The molecule has 3 nitrogen and oxygen atoms in total. The molecule has 1 N–H and O–H groups in total. The van der Waals surface area contributed by atoms with Crippen molar-refractivity contribution in [3.63, 3.8) is 0 Å². The number of nitrogens with zero attached hydrogens (tertiary/aromatic N) is 1. The normalized spacial score (nSPS) is 15.8. The van der Waals surface area contributed by atoms with Gasteiger partial charge in [0, 0.05) is 18.0 Å². The summed E-state index contributed by atoms with van der Waals surface area (Å²) in [5, 5.41) is 3.14. The van der Waals surface area contributed by atoms with Gasteiger partial charge < -0.3 is 10.2 Å². The van der Waals surface area contributed by atoms with E-state index in [4.69, 9.17) is 0 Å². The van der Waals surface area contributed by atoms with Crippen molar-refractivity contribution in [1.82, 2.24) is 10.2 Å². The number of alkyl halides is 3. The molecule has 0 bridgehead atoms. The quantitative estimate of drug-likeness (QED) is 0.736.